The second-order valence-corrected chi connectivity index (χ2v) is 16.5. The van der Waals surface area contributed by atoms with Gasteiger partial charge in [0.2, 0.25) is 0 Å². The number of nitrogens with zero attached hydrogens (tertiary/aromatic N) is 1. The third kappa shape index (κ3) is 6.76. The number of hydrogen-bond acceptors (Lipinski definition) is 0. The van der Waals surface area contributed by atoms with E-state index in [0.29, 0.717) is 0 Å². The van der Waals surface area contributed by atoms with Crippen molar-refractivity contribution in [2.75, 3.05) is 0 Å². The fraction of sp³-hybridized carbons (Fsp3) is 0.0323. The van der Waals surface area contributed by atoms with E-state index in [4.69, 9.17) is 0 Å². The van der Waals surface area contributed by atoms with Crippen molar-refractivity contribution in [3.05, 3.63) is 254 Å². The lowest BCUT2D eigenvalue weighted by Gasteiger charge is -2.18. The Hall–Kier alpha value is -8.00. The molecule has 0 spiro atoms. The summed E-state index contributed by atoms with van der Waals surface area (Å²) in [6.07, 6.45) is 8.38. The Morgan fingerprint density at radius 2 is 0.984 bits per heavy atom. The molecule has 0 aliphatic carbocycles. The first-order chi connectivity index (χ1) is 31.1. The summed E-state index contributed by atoms with van der Waals surface area (Å²) in [5.41, 5.74) is 14.6. The van der Waals surface area contributed by atoms with Crippen LogP contribution in [0, 0.1) is 0 Å². The van der Waals surface area contributed by atoms with Crippen molar-refractivity contribution >= 4 is 59.7 Å². The maximum atomic E-state index is 3.95. The molecule has 0 aliphatic heterocycles. The largest absolute Gasteiger partial charge is 0.309 e. The average Bonchev–Trinajstić information content (AvgIpc) is 3.68. The quantitative estimate of drug-likeness (QED) is 0.101. The molecule has 11 aromatic rings. The van der Waals surface area contributed by atoms with Crippen LogP contribution in [0.3, 0.4) is 0 Å². The van der Waals surface area contributed by atoms with Gasteiger partial charge in [0.1, 0.15) is 0 Å². The first-order valence-corrected chi connectivity index (χ1v) is 21.9. The number of para-hydroxylation sites is 1. The molecule has 0 saturated heterocycles. The topological polar surface area (TPSA) is 4.93 Å². The molecule has 0 saturated carbocycles. The van der Waals surface area contributed by atoms with E-state index in [-0.39, 0.29) is 5.92 Å². The summed E-state index contributed by atoms with van der Waals surface area (Å²) >= 11 is 0. The third-order valence-electron chi connectivity index (χ3n) is 12.8. The maximum Gasteiger partial charge on any atom is 0.0541 e. The molecule has 0 N–H and O–H groups in total. The first kappa shape index (κ1) is 38.0. The molecular formula is C62H45N. The van der Waals surface area contributed by atoms with Crippen molar-refractivity contribution in [3.63, 3.8) is 0 Å². The number of allylic oxidation sites excluding steroid dienone is 5. The zero-order valence-electron chi connectivity index (χ0n) is 35.2. The van der Waals surface area contributed by atoms with Crippen molar-refractivity contribution in [1.29, 1.82) is 0 Å². The van der Waals surface area contributed by atoms with Crippen LogP contribution in [-0.4, -0.2) is 4.57 Å². The maximum absolute atomic E-state index is 3.95. The Labute approximate surface area is 368 Å². The minimum Gasteiger partial charge on any atom is -0.309 e. The summed E-state index contributed by atoms with van der Waals surface area (Å²) in [6, 6.07) is 77.8. The van der Waals surface area contributed by atoms with Crippen molar-refractivity contribution in [3.8, 4) is 39.1 Å². The Bertz CT molecular complexity index is 3500. The number of hydrogen-bond donors (Lipinski definition) is 0. The van der Waals surface area contributed by atoms with Crippen LogP contribution in [0.5, 0.6) is 0 Å². The second kappa shape index (κ2) is 16.1. The van der Waals surface area contributed by atoms with Crippen molar-refractivity contribution < 1.29 is 0 Å². The molecule has 11 rings (SSSR count). The summed E-state index contributed by atoms with van der Waals surface area (Å²) in [5, 5.41) is 10.0. The molecule has 0 bridgehead atoms. The van der Waals surface area contributed by atoms with Crippen LogP contribution < -0.4 is 0 Å². The molecule has 1 atom stereocenters. The van der Waals surface area contributed by atoms with Gasteiger partial charge < -0.3 is 4.57 Å². The smallest absolute Gasteiger partial charge is 0.0541 e. The van der Waals surface area contributed by atoms with E-state index in [2.05, 4.69) is 243 Å². The average molecular weight is 804 g/mol. The van der Waals surface area contributed by atoms with Gasteiger partial charge in [-0.3, -0.25) is 0 Å². The zero-order chi connectivity index (χ0) is 42.3. The number of rotatable bonds is 9. The van der Waals surface area contributed by atoms with Crippen LogP contribution in [0.2, 0.25) is 0 Å². The fourth-order valence-electron chi connectivity index (χ4n) is 9.79. The van der Waals surface area contributed by atoms with Crippen LogP contribution in [0.1, 0.15) is 24.0 Å². The Balaban J connectivity index is 1.00. The number of benzene rings is 10. The minimum atomic E-state index is 0.265. The summed E-state index contributed by atoms with van der Waals surface area (Å²) in [4.78, 5) is 0. The highest BCUT2D eigenvalue weighted by molar-refractivity contribution is 6.21. The van der Waals surface area contributed by atoms with Gasteiger partial charge in [-0.15, -0.1) is 0 Å². The molecule has 0 aliphatic rings. The number of fused-ring (bicyclic) bond motifs is 6. The second-order valence-electron chi connectivity index (χ2n) is 16.5. The van der Waals surface area contributed by atoms with Gasteiger partial charge in [0.05, 0.1) is 11.0 Å². The lowest BCUT2D eigenvalue weighted by Crippen LogP contribution is -1.95. The van der Waals surface area contributed by atoms with E-state index in [9.17, 15) is 0 Å². The summed E-state index contributed by atoms with van der Waals surface area (Å²) in [7, 11) is 0. The van der Waals surface area contributed by atoms with Crippen LogP contribution in [0.15, 0.2) is 243 Å². The van der Waals surface area contributed by atoms with Crippen LogP contribution in [0.4, 0.5) is 0 Å². The lowest BCUT2D eigenvalue weighted by molar-refractivity contribution is 0.970. The molecule has 10 aromatic carbocycles. The van der Waals surface area contributed by atoms with E-state index in [1.54, 1.807) is 0 Å². The summed E-state index contributed by atoms with van der Waals surface area (Å²) < 4.78 is 2.42. The number of aromatic nitrogens is 1. The Morgan fingerprint density at radius 3 is 1.63 bits per heavy atom. The molecule has 0 fully saturated rings. The van der Waals surface area contributed by atoms with Crippen molar-refractivity contribution in [1.82, 2.24) is 4.57 Å². The van der Waals surface area contributed by atoms with Gasteiger partial charge in [-0.25, -0.2) is 0 Å². The highest BCUT2D eigenvalue weighted by Gasteiger charge is 2.19. The van der Waals surface area contributed by atoms with E-state index >= 15 is 0 Å². The van der Waals surface area contributed by atoms with Gasteiger partial charge in [-0.1, -0.05) is 220 Å². The third-order valence-corrected chi connectivity index (χ3v) is 12.8. The SMILES string of the molecule is C=C/C=C\C(=C\C(C)c1ccccc1)c1ccc(-c2c3ccccc3c(-c3ccc(-n4c5ccccc5c5cc(-c6cccc7ccccc67)ccc54)cc3)c3ccccc23)cc1. The predicted molar refractivity (Wildman–Crippen MR) is 272 cm³/mol. The van der Waals surface area contributed by atoms with Crippen LogP contribution >= 0.6 is 0 Å². The molecule has 1 heteroatoms. The molecule has 1 heterocycles. The van der Waals surface area contributed by atoms with Crippen molar-refractivity contribution in [2.24, 2.45) is 0 Å². The van der Waals surface area contributed by atoms with E-state index in [1.165, 1.54) is 104 Å². The van der Waals surface area contributed by atoms with Gasteiger partial charge in [-0.2, -0.15) is 0 Å². The van der Waals surface area contributed by atoms with Gasteiger partial charge >= 0.3 is 0 Å². The molecule has 1 unspecified atom stereocenters. The van der Waals surface area contributed by atoms with E-state index in [1.807, 2.05) is 12.2 Å². The molecule has 1 aromatic heterocycles. The lowest BCUT2D eigenvalue weighted by atomic mass is 9.85. The molecule has 0 radical (unpaired) electrons. The first-order valence-electron chi connectivity index (χ1n) is 21.9. The molecular weight excluding hydrogens is 759 g/mol. The van der Waals surface area contributed by atoms with Crippen LogP contribution in [-0.2, 0) is 0 Å². The molecule has 1 nitrogen and oxygen atoms in total. The molecule has 298 valence electrons. The summed E-state index contributed by atoms with van der Waals surface area (Å²) in [5.74, 6) is 0.265. The molecule has 63 heavy (non-hydrogen) atoms. The highest BCUT2D eigenvalue weighted by Crippen LogP contribution is 2.44. The van der Waals surface area contributed by atoms with Gasteiger partial charge in [-0.05, 0) is 119 Å². The molecule has 0 amide bonds. The van der Waals surface area contributed by atoms with Crippen LogP contribution in [0.25, 0.3) is 98.8 Å². The Morgan fingerprint density at radius 1 is 0.460 bits per heavy atom. The standard InChI is InChI=1S/C62H45N/c1-3-4-17-48(40-42(2)43-18-6-5-7-19-43)44-30-32-46(33-31-44)61-54-24-10-12-26-56(54)62(57-27-13-11-25-55(57)61)47-34-37-50(38-35-47)63-59-29-15-14-23-53(59)58-41-49(36-39-60(58)63)52-28-16-21-45-20-8-9-22-51(45)52/h3-42H,1H2,2H3/b17-4-,48-40-. The minimum absolute atomic E-state index is 0.265. The zero-order valence-corrected chi connectivity index (χ0v) is 35.2. The Kier molecular flexibility index (Phi) is 9.71. The van der Waals surface area contributed by atoms with E-state index < -0.39 is 0 Å². The van der Waals surface area contributed by atoms with Crippen molar-refractivity contribution in [2.45, 2.75) is 12.8 Å². The highest BCUT2D eigenvalue weighted by atomic mass is 15.0. The van der Waals surface area contributed by atoms with Gasteiger partial charge in [0.15, 0.2) is 0 Å². The van der Waals surface area contributed by atoms with E-state index in [0.717, 1.165) is 5.69 Å². The monoisotopic (exact) mass is 803 g/mol. The summed E-state index contributed by atoms with van der Waals surface area (Å²) in [6.45, 7) is 6.20. The fourth-order valence-corrected chi connectivity index (χ4v) is 9.79. The van der Waals surface area contributed by atoms with Gasteiger partial charge in [0.25, 0.3) is 0 Å². The van der Waals surface area contributed by atoms with Gasteiger partial charge in [0, 0.05) is 16.5 Å². The normalized spacial score (nSPS) is 12.6. The predicted octanol–water partition coefficient (Wildman–Crippen LogP) is 17.2.